The highest BCUT2D eigenvalue weighted by molar-refractivity contribution is 9.10. The van der Waals surface area contributed by atoms with Crippen LogP contribution in [0, 0.1) is 6.92 Å². The first-order chi connectivity index (χ1) is 12.5. The Bertz CT molecular complexity index is 918. The van der Waals surface area contributed by atoms with Crippen molar-refractivity contribution in [1.82, 2.24) is 0 Å². The number of benzene rings is 2. The molecular weight excluding hydrogens is 398 g/mol. The maximum absolute atomic E-state index is 12.2. The van der Waals surface area contributed by atoms with Crippen LogP contribution in [0.2, 0.25) is 0 Å². The van der Waals surface area contributed by atoms with E-state index in [1.54, 1.807) is 19.3 Å². The first kappa shape index (κ1) is 18.2. The predicted molar refractivity (Wildman–Crippen MR) is 104 cm³/mol. The lowest BCUT2D eigenvalue weighted by Crippen LogP contribution is -2.06. The van der Waals surface area contributed by atoms with Gasteiger partial charge >= 0.3 is 5.97 Å². The van der Waals surface area contributed by atoms with Crippen LogP contribution in [0.5, 0.6) is 11.5 Å². The third-order valence-corrected chi connectivity index (χ3v) is 4.42. The molecule has 5 nitrogen and oxygen atoms in total. The number of hydrogen-bond donors (Lipinski definition) is 0. The van der Waals surface area contributed by atoms with Crippen LogP contribution in [0.4, 0.5) is 0 Å². The number of carbonyl (C=O) groups is 1. The number of carbonyl (C=O) groups excluding carboxylic acids is 1. The summed E-state index contributed by atoms with van der Waals surface area (Å²) in [5, 5.41) is 0. The molecule has 0 aromatic heterocycles. The van der Waals surface area contributed by atoms with Crippen molar-refractivity contribution >= 4 is 33.9 Å². The lowest BCUT2D eigenvalue weighted by atomic mass is 10.1. The highest BCUT2D eigenvalue weighted by atomic mass is 79.9. The van der Waals surface area contributed by atoms with E-state index >= 15 is 0 Å². The molecule has 0 saturated carbocycles. The predicted octanol–water partition coefficient (Wildman–Crippen LogP) is 4.51. The molecule has 0 spiro atoms. The van der Waals surface area contributed by atoms with Crippen molar-refractivity contribution in [1.29, 1.82) is 0 Å². The molecule has 0 N–H and O–H groups in total. The minimum absolute atomic E-state index is 0.239. The zero-order valence-electron chi connectivity index (χ0n) is 14.7. The minimum Gasteiger partial charge on any atom is -0.492 e. The van der Waals surface area contributed by atoms with Crippen molar-refractivity contribution in [2.75, 3.05) is 13.7 Å². The molecule has 26 heavy (non-hydrogen) atoms. The molecule has 1 heterocycles. The van der Waals surface area contributed by atoms with E-state index in [1.165, 1.54) is 0 Å². The highest BCUT2D eigenvalue weighted by Crippen LogP contribution is 2.37. The number of rotatable bonds is 5. The quantitative estimate of drug-likeness (QED) is 0.532. The van der Waals surface area contributed by atoms with Crippen LogP contribution in [0.25, 0.3) is 6.08 Å². The van der Waals surface area contributed by atoms with Gasteiger partial charge < -0.3 is 14.2 Å². The number of ether oxygens (including phenoxy) is 3. The molecule has 0 fully saturated rings. The Hall–Kier alpha value is -2.60. The van der Waals surface area contributed by atoms with Crippen molar-refractivity contribution in [3.05, 3.63) is 63.3 Å². The van der Waals surface area contributed by atoms with Gasteiger partial charge in [-0.1, -0.05) is 18.2 Å². The maximum atomic E-state index is 12.2. The normalized spacial score (nSPS) is 15.0. The number of aryl methyl sites for hydroxylation is 1. The molecule has 0 saturated heterocycles. The zero-order valence-corrected chi connectivity index (χ0v) is 16.3. The summed E-state index contributed by atoms with van der Waals surface area (Å²) in [6.07, 6.45) is 1.67. The van der Waals surface area contributed by atoms with E-state index in [0.717, 1.165) is 21.2 Å². The zero-order chi connectivity index (χ0) is 18.7. The number of aliphatic imine (C=N–C) groups is 1. The molecule has 1 aliphatic rings. The summed E-state index contributed by atoms with van der Waals surface area (Å²) in [4.78, 5) is 16.6. The summed E-state index contributed by atoms with van der Waals surface area (Å²) in [5.41, 5.74) is 2.78. The molecule has 0 unspecified atom stereocenters. The summed E-state index contributed by atoms with van der Waals surface area (Å²) in [6, 6.07) is 11.3. The van der Waals surface area contributed by atoms with Crippen LogP contribution in [0.3, 0.4) is 0 Å². The van der Waals surface area contributed by atoms with Crippen molar-refractivity contribution in [3.8, 4) is 11.5 Å². The Labute approximate surface area is 160 Å². The van der Waals surface area contributed by atoms with Crippen LogP contribution in [0.15, 0.2) is 51.6 Å². The average Bonchev–Trinajstić information content (AvgIpc) is 2.96. The Morgan fingerprint density at radius 2 is 2.04 bits per heavy atom. The van der Waals surface area contributed by atoms with Crippen LogP contribution in [-0.4, -0.2) is 25.6 Å². The molecule has 0 aliphatic carbocycles. The molecule has 3 rings (SSSR count). The number of esters is 1. The highest BCUT2D eigenvalue weighted by Gasteiger charge is 2.25. The van der Waals surface area contributed by atoms with E-state index in [2.05, 4.69) is 20.9 Å². The van der Waals surface area contributed by atoms with Crippen molar-refractivity contribution in [2.45, 2.75) is 13.8 Å². The SMILES string of the molecule is CCOc1cc(/C=C2/N=C(c3ccccc3C)OC2=O)cc(Br)c1OC. The second-order valence-corrected chi connectivity index (χ2v) is 6.47. The molecule has 134 valence electrons. The number of cyclic esters (lactones) is 1. The third kappa shape index (κ3) is 3.65. The molecule has 2 aromatic rings. The van der Waals surface area contributed by atoms with Gasteiger partial charge in [0.15, 0.2) is 17.2 Å². The van der Waals surface area contributed by atoms with Gasteiger partial charge in [-0.3, -0.25) is 0 Å². The van der Waals surface area contributed by atoms with Crippen LogP contribution >= 0.6 is 15.9 Å². The molecule has 0 atom stereocenters. The summed E-state index contributed by atoms with van der Waals surface area (Å²) in [5.74, 6) is 1.03. The monoisotopic (exact) mass is 415 g/mol. The molecule has 1 aliphatic heterocycles. The van der Waals surface area contributed by atoms with Gasteiger partial charge in [0.2, 0.25) is 5.90 Å². The van der Waals surface area contributed by atoms with Gasteiger partial charge in [-0.05, 0) is 65.2 Å². The Balaban J connectivity index is 1.99. The van der Waals surface area contributed by atoms with E-state index < -0.39 is 5.97 Å². The fourth-order valence-electron chi connectivity index (χ4n) is 2.63. The summed E-state index contributed by atoms with van der Waals surface area (Å²) >= 11 is 3.46. The largest absolute Gasteiger partial charge is 0.492 e. The lowest BCUT2D eigenvalue weighted by molar-refractivity contribution is -0.129. The van der Waals surface area contributed by atoms with Gasteiger partial charge in [0.25, 0.3) is 0 Å². The molecule has 0 radical (unpaired) electrons. The summed E-state index contributed by atoms with van der Waals surface area (Å²) in [7, 11) is 1.58. The molecule has 6 heteroatoms. The second kappa shape index (κ2) is 7.74. The number of methoxy groups -OCH3 is 1. The minimum atomic E-state index is -0.479. The van der Waals surface area contributed by atoms with Gasteiger partial charge in [0.1, 0.15) is 0 Å². The Morgan fingerprint density at radius 1 is 1.27 bits per heavy atom. The van der Waals surface area contributed by atoms with Crippen molar-refractivity contribution in [2.24, 2.45) is 4.99 Å². The van der Waals surface area contributed by atoms with Gasteiger partial charge in [-0.15, -0.1) is 0 Å². The van der Waals surface area contributed by atoms with E-state index in [-0.39, 0.29) is 5.70 Å². The molecule has 0 bridgehead atoms. The Morgan fingerprint density at radius 3 is 2.73 bits per heavy atom. The lowest BCUT2D eigenvalue weighted by Gasteiger charge is -2.12. The van der Waals surface area contributed by atoms with E-state index in [9.17, 15) is 4.79 Å². The molecule has 0 amide bonds. The van der Waals surface area contributed by atoms with Gasteiger partial charge in [-0.25, -0.2) is 9.79 Å². The van der Waals surface area contributed by atoms with E-state index in [1.807, 2.05) is 44.2 Å². The summed E-state index contributed by atoms with van der Waals surface area (Å²) in [6.45, 7) is 4.34. The number of hydrogen-bond acceptors (Lipinski definition) is 5. The first-order valence-corrected chi connectivity index (χ1v) is 8.91. The Kier molecular flexibility index (Phi) is 5.42. The number of nitrogens with zero attached hydrogens (tertiary/aromatic N) is 1. The smallest absolute Gasteiger partial charge is 0.363 e. The van der Waals surface area contributed by atoms with Gasteiger partial charge in [-0.2, -0.15) is 0 Å². The second-order valence-electron chi connectivity index (χ2n) is 5.62. The molecular formula is C20H18BrNO4. The third-order valence-electron chi connectivity index (χ3n) is 3.84. The fourth-order valence-corrected chi connectivity index (χ4v) is 3.25. The fraction of sp³-hybridized carbons (Fsp3) is 0.200. The van der Waals surface area contributed by atoms with Gasteiger partial charge in [0, 0.05) is 5.56 Å². The topological polar surface area (TPSA) is 57.1 Å². The maximum Gasteiger partial charge on any atom is 0.363 e. The summed E-state index contributed by atoms with van der Waals surface area (Å²) < 4.78 is 17.0. The average molecular weight is 416 g/mol. The van der Waals surface area contributed by atoms with Crippen LogP contribution in [-0.2, 0) is 9.53 Å². The van der Waals surface area contributed by atoms with Crippen LogP contribution in [0.1, 0.15) is 23.6 Å². The van der Waals surface area contributed by atoms with E-state index in [4.69, 9.17) is 14.2 Å². The van der Waals surface area contributed by atoms with Gasteiger partial charge in [0.05, 0.1) is 18.2 Å². The van der Waals surface area contributed by atoms with Crippen molar-refractivity contribution < 1.29 is 19.0 Å². The van der Waals surface area contributed by atoms with Crippen molar-refractivity contribution in [3.63, 3.8) is 0 Å². The van der Waals surface area contributed by atoms with Crippen LogP contribution < -0.4 is 9.47 Å². The standard InChI is InChI=1S/C20H18BrNO4/c1-4-25-17-11-13(9-15(21)18(17)24-3)10-16-20(23)26-19(22-16)14-8-6-5-7-12(14)2/h5-11H,4H2,1-3H3/b16-10+. The first-order valence-electron chi connectivity index (χ1n) is 8.12. The number of halogens is 1. The van der Waals surface area contributed by atoms with E-state index in [0.29, 0.717) is 24.0 Å². The molecule has 2 aromatic carbocycles.